The molecule has 21 heavy (non-hydrogen) atoms. The summed E-state index contributed by atoms with van der Waals surface area (Å²) < 4.78 is 23.2. The second kappa shape index (κ2) is 6.05. The van der Waals surface area contributed by atoms with Crippen LogP contribution in [0.4, 0.5) is 11.4 Å². The number of sulfonamides is 1. The fourth-order valence-electron chi connectivity index (χ4n) is 2.20. The minimum Gasteiger partial charge on any atom is -0.399 e. The van der Waals surface area contributed by atoms with Crippen LogP contribution in [-0.4, -0.2) is 14.5 Å². The Balaban J connectivity index is 2.26. The van der Waals surface area contributed by atoms with Crippen molar-refractivity contribution >= 4 is 32.7 Å². The summed E-state index contributed by atoms with van der Waals surface area (Å²) in [6, 6.07) is 7.36. The van der Waals surface area contributed by atoms with Gasteiger partial charge in [-0.15, -0.1) is 11.3 Å². The van der Waals surface area contributed by atoms with Crippen molar-refractivity contribution in [3.8, 4) is 0 Å². The van der Waals surface area contributed by atoms with Crippen molar-refractivity contribution in [3.05, 3.63) is 40.1 Å². The quantitative estimate of drug-likeness (QED) is 0.735. The summed E-state index contributed by atoms with van der Waals surface area (Å²) in [6.07, 6.45) is 0.858. The van der Waals surface area contributed by atoms with Crippen molar-refractivity contribution in [1.82, 2.24) is 0 Å². The monoisotopic (exact) mass is 325 g/mol. The Kier molecular flexibility index (Phi) is 4.55. The standard InChI is InChI=1S/C14H19N3O2S2/c1-9(6-12-4-3-5-20-12)17-13-7-11(15)8-14(10(13)2)21(16,18)19/h3-5,7-9,17H,6,15H2,1-2H3,(H2,16,18,19). The van der Waals surface area contributed by atoms with Crippen LogP contribution in [0.2, 0.25) is 0 Å². The zero-order valence-corrected chi connectivity index (χ0v) is 13.6. The highest BCUT2D eigenvalue weighted by atomic mass is 32.2. The number of hydrogen-bond donors (Lipinski definition) is 3. The molecule has 0 aliphatic rings. The van der Waals surface area contributed by atoms with Crippen LogP contribution in [0.1, 0.15) is 17.4 Å². The summed E-state index contributed by atoms with van der Waals surface area (Å²) >= 11 is 1.70. The molecule has 2 rings (SSSR count). The van der Waals surface area contributed by atoms with Crippen molar-refractivity contribution in [3.63, 3.8) is 0 Å². The minimum atomic E-state index is -3.78. The maximum atomic E-state index is 11.6. The number of anilines is 2. The van der Waals surface area contributed by atoms with Gasteiger partial charge in [-0.25, -0.2) is 13.6 Å². The molecule has 0 aliphatic carbocycles. The van der Waals surface area contributed by atoms with E-state index in [-0.39, 0.29) is 10.9 Å². The van der Waals surface area contributed by atoms with Crippen LogP contribution in [-0.2, 0) is 16.4 Å². The first-order valence-corrected chi connectivity index (χ1v) is 8.92. The lowest BCUT2D eigenvalue weighted by atomic mass is 10.1. The van der Waals surface area contributed by atoms with Gasteiger partial charge in [-0.05, 0) is 43.0 Å². The van der Waals surface area contributed by atoms with E-state index < -0.39 is 10.0 Å². The lowest BCUT2D eigenvalue weighted by molar-refractivity contribution is 0.597. The van der Waals surface area contributed by atoms with E-state index in [4.69, 9.17) is 10.9 Å². The van der Waals surface area contributed by atoms with Gasteiger partial charge in [0.25, 0.3) is 0 Å². The SMILES string of the molecule is Cc1c(NC(C)Cc2cccs2)cc(N)cc1S(N)(=O)=O. The van der Waals surface area contributed by atoms with Crippen molar-refractivity contribution in [1.29, 1.82) is 0 Å². The highest BCUT2D eigenvalue weighted by molar-refractivity contribution is 7.89. The van der Waals surface area contributed by atoms with Gasteiger partial charge < -0.3 is 11.1 Å². The third-order valence-corrected chi connectivity index (χ3v) is 5.11. The topological polar surface area (TPSA) is 98.2 Å². The molecule has 1 unspecified atom stereocenters. The van der Waals surface area contributed by atoms with E-state index in [1.165, 1.54) is 10.9 Å². The number of nitrogens with one attached hydrogen (secondary N) is 1. The van der Waals surface area contributed by atoms with E-state index >= 15 is 0 Å². The third kappa shape index (κ3) is 3.96. The average Bonchev–Trinajstić information content (AvgIpc) is 2.84. The van der Waals surface area contributed by atoms with E-state index in [0.29, 0.717) is 16.9 Å². The van der Waals surface area contributed by atoms with E-state index in [2.05, 4.69) is 11.4 Å². The van der Waals surface area contributed by atoms with Gasteiger partial charge >= 0.3 is 0 Å². The van der Waals surface area contributed by atoms with Gasteiger partial charge in [0.05, 0.1) is 4.90 Å². The van der Waals surface area contributed by atoms with Crippen LogP contribution in [0.25, 0.3) is 0 Å². The van der Waals surface area contributed by atoms with Gasteiger partial charge in [0.15, 0.2) is 0 Å². The molecule has 7 heteroatoms. The first-order chi connectivity index (χ1) is 9.77. The molecule has 0 aliphatic heterocycles. The first-order valence-electron chi connectivity index (χ1n) is 6.49. The molecular weight excluding hydrogens is 306 g/mol. The smallest absolute Gasteiger partial charge is 0.238 e. The van der Waals surface area contributed by atoms with Gasteiger partial charge in [-0.1, -0.05) is 6.07 Å². The van der Waals surface area contributed by atoms with Gasteiger partial charge in [-0.3, -0.25) is 0 Å². The summed E-state index contributed by atoms with van der Waals surface area (Å²) in [5.41, 5.74) is 7.43. The minimum absolute atomic E-state index is 0.0633. The zero-order chi connectivity index (χ0) is 15.6. The summed E-state index contributed by atoms with van der Waals surface area (Å²) in [7, 11) is -3.78. The number of thiophene rings is 1. The van der Waals surface area contributed by atoms with Gasteiger partial charge in [-0.2, -0.15) is 0 Å². The van der Waals surface area contributed by atoms with E-state index in [9.17, 15) is 8.42 Å². The normalized spacial score (nSPS) is 13.1. The lowest BCUT2D eigenvalue weighted by Gasteiger charge is -2.18. The van der Waals surface area contributed by atoms with Gasteiger partial charge in [0, 0.05) is 28.7 Å². The molecule has 114 valence electrons. The van der Waals surface area contributed by atoms with Crippen molar-refractivity contribution in [2.75, 3.05) is 11.1 Å². The maximum absolute atomic E-state index is 11.6. The highest BCUT2D eigenvalue weighted by Crippen LogP contribution is 2.27. The molecule has 1 heterocycles. The van der Waals surface area contributed by atoms with E-state index in [1.54, 1.807) is 24.3 Å². The number of hydrogen-bond acceptors (Lipinski definition) is 5. The number of nitrogen functional groups attached to an aromatic ring is 1. The zero-order valence-electron chi connectivity index (χ0n) is 12.0. The molecule has 5 N–H and O–H groups in total. The van der Waals surface area contributed by atoms with Crippen molar-refractivity contribution < 1.29 is 8.42 Å². The molecule has 0 fully saturated rings. The second-order valence-corrected chi connectivity index (χ2v) is 7.63. The largest absolute Gasteiger partial charge is 0.399 e. The Labute approximate surface area is 129 Å². The number of rotatable bonds is 5. The number of nitrogens with two attached hydrogens (primary N) is 2. The molecule has 5 nitrogen and oxygen atoms in total. The van der Waals surface area contributed by atoms with Crippen LogP contribution in [0, 0.1) is 6.92 Å². The van der Waals surface area contributed by atoms with Gasteiger partial charge in [0.1, 0.15) is 0 Å². The van der Waals surface area contributed by atoms with Crippen LogP contribution in [0.15, 0.2) is 34.5 Å². The maximum Gasteiger partial charge on any atom is 0.238 e. The molecular formula is C14H19N3O2S2. The Morgan fingerprint density at radius 1 is 1.38 bits per heavy atom. The van der Waals surface area contributed by atoms with Crippen LogP contribution in [0.3, 0.4) is 0 Å². The molecule has 0 saturated heterocycles. The first kappa shape index (κ1) is 15.8. The molecule has 0 amide bonds. The third-order valence-electron chi connectivity index (χ3n) is 3.18. The molecule has 0 bridgehead atoms. The lowest BCUT2D eigenvalue weighted by Crippen LogP contribution is -2.20. The summed E-state index contributed by atoms with van der Waals surface area (Å²) in [5, 5.41) is 10.6. The second-order valence-electron chi connectivity index (χ2n) is 5.07. The average molecular weight is 325 g/mol. The van der Waals surface area contributed by atoms with Crippen LogP contribution < -0.4 is 16.2 Å². The fourth-order valence-corrected chi connectivity index (χ4v) is 3.87. The van der Waals surface area contributed by atoms with E-state index in [0.717, 1.165) is 6.42 Å². The molecule has 0 spiro atoms. The van der Waals surface area contributed by atoms with Crippen LogP contribution in [0.5, 0.6) is 0 Å². The van der Waals surface area contributed by atoms with Crippen molar-refractivity contribution in [2.45, 2.75) is 31.2 Å². The Morgan fingerprint density at radius 3 is 2.67 bits per heavy atom. The molecule has 0 saturated carbocycles. The number of benzene rings is 1. The van der Waals surface area contributed by atoms with E-state index in [1.807, 2.05) is 18.4 Å². The predicted octanol–water partition coefficient (Wildman–Crippen LogP) is 2.33. The number of primary sulfonamides is 1. The summed E-state index contributed by atoms with van der Waals surface area (Å²) in [5.74, 6) is 0. The van der Waals surface area contributed by atoms with Crippen molar-refractivity contribution in [2.24, 2.45) is 5.14 Å². The van der Waals surface area contributed by atoms with Gasteiger partial charge in [0.2, 0.25) is 10.0 Å². The summed E-state index contributed by atoms with van der Waals surface area (Å²) in [6.45, 7) is 3.76. The molecule has 1 aromatic carbocycles. The fraction of sp³-hybridized carbons (Fsp3) is 0.286. The Bertz CT molecular complexity index is 725. The predicted molar refractivity (Wildman–Crippen MR) is 88.1 cm³/mol. The Morgan fingerprint density at radius 2 is 2.10 bits per heavy atom. The Hall–Kier alpha value is -1.57. The molecule has 1 atom stereocenters. The highest BCUT2D eigenvalue weighted by Gasteiger charge is 2.16. The van der Waals surface area contributed by atoms with Crippen LogP contribution >= 0.6 is 11.3 Å². The summed E-state index contributed by atoms with van der Waals surface area (Å²) in [4.78, 5) is 1.33. The molecule has 2 aromatic rings. The molecule has 0 radical (unpaired) electrons. The molecule has 1 aromatic heterocycles.